The van der Waals surface area contributed by atoms with Crippen LogP contribution in [0, 0.1) is 0 Å². The first kappa shape index (κ1) is 12.2. The summed E-state index contributed by atoms with van der Waals surface area (Å²) in [5.74, 6) is 3.04. The van der Waals surface area contributed by atoms with Crippen LogP contribution in [0.5, 0.6) is 0 Å². The number of hydrogen-bond donors (Lipinski definition) is 0. The van der Waals surface area contributed by atoms with Gasteiger partial charge in [-0.25, -0.2) is 0 Å². The second-order valence-corrected chi connectivity index (χ2v) is 5.55. The number of halogens is 1. The summed E-state index contributed by atoms with van der Waals surface area (Å²) in [5, 5.41) is 9.66. The summed E-state index contributed by atoms with van der Waals surface area (Å²) in [4.78, 5) is 0. The van der Waals surface area contributed by atoms with E-state index in [9.17, 15) is 0 Å². The van der Waals surface area contributed by atoms with Crippen LogP contribution in [0.25, 0.3) is 0 Å². The Morgan fingerprint density at radius 1 is 1.19 bits per heavy atom. The Balaban J connectivity index is 1.91. The second kappa shape index (κ2) is 6.50. The highest BCUT2D eigenvalue weighted by atomic mass is 35.5. The average Bonchev–Trinajstić information content (AvgIpc) is 2.54. The molecule has 16 heavy (non-hydrogen) atoms. The lowest BCUT2D eigenvalue weighted by molar-refractivity contribution is 0.590. The molecule has 1 aromatic heterocycles. The molecule has 0 bridgehead atoms. The summed E-state index contributed by atoms with van der Waals surface area (Å²) in [7, 11) is 0. The van der Waals surface area contributed by atoms with Gasteiger partial charge in [0, 0.05) is 24.6 Å². The Labute approximate surface area is 106 Å². The fourth-order valence-electron chi connectivity index (χ4n) is 1.93. The van der Waals surface area contributed by atoms with E-state index in [0.717, 1.165) is 42.6 Å². The Kier molecular flexibility index (Phi) is 4.97. The Morgan fingerprint density at radius 2 is 2.12 bits per heavy atom. The maximum absolute atomic E-state index is 5.66. The van der Waals surface area contributed by atoms with E-state index >= 15 is 0 Å². The minimum absolute atomic E-state index is 0.762. The van der Waals surface area contributed by atoms with Gasteiger partial charge in [0.15, 0.2) is 5.16 Å². The van der Waals surface area contributed by atoms with Gasteiger partial charge in [-0.05, 0) is 25.7 Å². The Bertz CT molecular complexity index is 327. The van der Waals surface area contributed by atoms with Gasteiger partial charge in [0.05, 0.1) is 0 Å². The molecule has 0 aromatic carbocycles. The quantitative estimate of drug-likeness (QED) is 0.463. The van der Waals surface area contributed by atoms with Crippen molar-refractivity contribution >= 4 is 23.4 Å². The summed E-state index contributed by atoms with van der Waals surface area (Å²) in [6, 6.07) is 0. The monoisotopic (exact) mass is 259 g/mol. The molecule has 1 aliphatic rings. The molecule has 0 radical (unpaired) electrons. The van der Waals surface area contributed by atoms with Crippen molar-refractivity contribution in [1.29, 1.82) is 0 Å². The SMILES string of the molecule is ClCCCCSc1nnc2n1CCCCC2. The summed E-state index contributed by atoms with van der Waals surface area (Å²) in [6.07, 6.45) is 7.19. The van der Waals surface area contributed by atoms with Gasteiger partial charge in [0.1, 0.15) is 5.82 Å². The zero-order valence-electron chi connectivity index (χ0n) is 9.49. The van der Waals surface area contributed by atoms with Gasteiger partial charge in [-0.2, -0.15) is 0 Å². The summed E-state index contributed by atoms with van der Waals surface area (Å²) in [5.41, 5.74) is 0. The molecular weight excluding hydrogens is 242 g/mol. The normalized spacial score (nSPS) is 15.8. The smallest absolute Gasteiger partial charge is 0.191 e. The first-order valence-corrected chi connectivity index (χ1v) is 7.54. The Morgan fingerprint density at radius 3 is 3.00 bits per heavy atom. The highest BCUT2D eigenvalue weighted by Gasteiger charge is 2.14. The second-order valence-electron chi connectivity index (χ2n) is 4.11. The number of hydrogen-bond acceptors (Lipinski definition) is 3. The van der Waals surface area contributed by atoms with E-state index in [-0.39, 0.29) is 0 Å². The van der Waals surface area contributed by atoms with Crippen LogP contribution < -0.4 is 0 Å². The van der Waals surface area contributed by atoms with Crippen LogP contribution in [-0.4, -0.2) is 26.4 Å². The minimum atomic E-state index is 0.762. The highest BCUT2D eigenvalue weighted by molar-refractivity contribution is 7.99. The van der Waals surface area contributed by atoms with Crippen molar-refractivity contribution in [3.05, 3.63) is 5.82 Å². The fourth-order valence-corrected chi connectivity index (χ4v) is 3.10. The molecule has 1 aliphatic heterocycles. The van der Waals surface area contributed by atoms with E-state index < -0.39 is 0 Å². The van der Waals surface area contributed by atoms with Gasteiger partial charge in [0.2, 0.25) is 0 Å². The van der Waals surface area contributed by atoms with Crippen molar-refractivity contribution in [3.8, 4) is 0 Å². The van der Waals surface area contributed by atoms with Crippen LogP contribution >= 0.6 is 23.4 Å². The molecule has 3 nitrogen and oxygen atoms in total. The number of rotatable bonds is 5. The summed E-state index contributed by atoms with van der Waals surface area (Å²) >= 11 is 7.48. The number of aryl methyl sites for hydroxylation is 1. The maximum Gasteiger partial charge on any atom is 0.191 e. The molecule has 0 aliphatic carbocycles. The predicted molar refractivity (Wildman–Crippen MR) is 68.3 cm³/mol. The predicted octanol–water partition coefficient (Wildman–Crippen LogP) is 3.12. The molecule has 0 spiro atoms. The van der Waals surface area contributed by atoms with Gasteiger partial charge in [-0.15, -0.1) is 21.8 Å². The lowest BCUT2D eigenvalue weighted by atomic mass is 10.2. The molecule has 90 valence electrons. The molecule has 5 heteroatoms. The number of fused-ring (bicyclic) bond motifs is 1. The zero-order valence-corrected chi connectivity index (χ0v) is 11.1. The van der Waals surface area contributed by atoms with Gasteiger partial charge in [-0.1, -0.05) is 18.2 Å². The number of aromatic nitrogens is 3. The van der Waals surface area contributed by atoms with Gasteiger partial charge >= 0.3 is 0 Å². The van der Waals surface area contributed by atoms with Crippen LogP contribution in [0.4, 0.5) is 0 Å². The van der Waals surface area contributed by atoms with E-state index in [1.165, 1.54) is 25.1 Å². The lowest BCUT2D eigenvalue weighted by Gasteiger charge is -2.05. The van der Waals surface area contributed by atoms with Crippen molar-refractivity contribution < 1.29 is 0 Å². The number of thioether (sulfide) groups is 1. The maximum atomic E-state index is 5.66. The third-order valence-corrected chi connectivity index (χ3v) is 4.15. The number of nitrogens with zero attached hydrogens (tertiary/aromatic N) is 3. The van der Waals surface area contributed by atoms with Gasteiger partial charge in [0.25, 0.3) is 0 Å². The van der Waals surface area contributed by atoms with Crippen molar-refractivity contribution in [2.75, 3.05) is 11.6 Å². The largest absolute Gasteiger partial charge is 0.306 e. The van der Waals surface area contributed by atoms with Gasteiger partial charge in [-0.3, -0.25) is 0 Å². The third-order valence-electron chi connectivity index (χ3n) is 2.83. The van der Waals surface area contributed by atoms with Crippen LogP contribution in [0.1, 0.15) is 37.9 Å². The average molecular weight is 260 g/mol. The fraction of sp³-hybridized carbons (Fsp3) is 0.818. The minimum Gasteiger partial charge on any atom is -0.306 e. The highest BCUT2D eigenvalue weighted by Crippen LogP contribution is 2.22. The number of unbranched alkanes of at least 4 members (excludes halogenated alkanes) is 1. The lowest BCUT2D eigenvalue weighted by Crippen LogP contribution is -2.02. The van der Waals surface area contributed by atoms with Crippen molar-refractivity contribution in [1.82, 2.24) is 14.8 Å². The number of alkyl halides is 1. The van der Waals surface area contributed by atoms with E-state index in [2.05, 4.69) is 14.8 Å². The molecule has 0 amide bonds. The first-order valence-electron chi connectivity index (χ1n) is 6.02. The molecule has 0 saturated carbocycles. The van der Waals surface area contributed by atoms with Crippen molar-refractivity contribution in [2.45, 2.75) is 50.2 Å². The van der Waals surface area contributed by atoms with E-state index in [4.69, 9.17) is 11.6 Å². The molecule has 2 heterocycles. The molecule has 0 atom stereocenters. The first-order chi connectivity index (χ1) is 7.92. The van der Waals surface area contributed by atoms with Crippen LogP contribution in [0.15, 0.2) is 5.16 Å². The zero-order chi connectivity index (χ0) is 11.2. The topological polar surface area (TPSA) is 30.7 Å². The molecule has 0 unspecified atom stereocenters. The third kappa shape index (κ3) is 3.14. The van der Waals surface area contributed by atoms with Crippen LogP contribution in [0.2, 0.25) is 0 Å². The van der Waals surface area contributed by atoms with E-state index in [1.54, 1.807) is 0 Å². The summed E-state index contributed by atoms with van der Waals surface area (Å²) in [6.45, 7) is 1.10. The molecule has 0 N–H and O–H groups in total. The summed E-state index contributed by atoms with van der Waals surface area (Å²) < 4.78 is 2.30. The molecule has 2 rings (SSSR count). The van der Waals surface area contributed by atoms with E-state index in [0.29, 0.717) is 0 Å². The van der Waals surface area contributed by atoms with Gasteiger partial charge < -0.3 is 4.57 Å². The van der Waals surface area contributed by atoms with Crippen molar-refractivity contribution in [2.24, 2.45) is 0 Å². The molecule has 1 aromatic rings. The van der Waals surface area contributed by atoms with Crippen molar-refractivity contribution in [3.63, 3.8) is 0 Å². The van der Waals surface area contributed by atoms with Crippen LogP contribution in [0.3, 0.4) is 0 Å². The standard InChI is InChI=1S/C11H18ClN3S/c12-7-3-5-9-16-11-14-13-10-6-2-1-4-8-15(10)11/h1-9H2. The molecular formula is C11H18ClN3S. The van der Waals surface area contributed by atoms with E-state index in [1.807, 2.05) is 11.8 Å². The molecule has 0 saturated heterocycles. The Hall–Kier alpha value is -0.220. The van der Waals surface area contributed by atoms with Crippen LogP contribution in [-0.2, 0) is 13.0 Å². The molecule has 0 fully saturated rings.